The van der Waals surface area contributed by atoms with Crippen LogP contribution < -0.4 is 10.6 Å². The number of anilines is 1. The molecule has 0 saturated carbocycles. The molecule has 10 heteroatoms. The van der Waals surface area contributed by atoms with Gasteiger partial charge in [-0.2, -0.15) is 5.10 Å². The lowest BCUT2D eigenvalue weighted by Crippen LogP contribution is -2.27. The van der Waals surface area contributed by atoms with Crippen molar-refractivity contribution >= 4 is 50.3 Å². The molecule has 1 aromatic carbocycles. The molecule has 0 aliphatic rings. The highest BCUT2D eigenvalue weighted by molar-refractivity contribution is 9.10. The summed E-state index contributed by atoms with van der Waals surface area (Å²) >= 11 is 9.43. The Hall–Kier alpha value is -2.23. The summed E-state index contributed by atoms with van der Waals surface area (Å²) in [5.41, 5.74) is 1.11. The van der Waals surface area contributed by atoms with Gasteiger partial charge in [0.2, 0.25) is 0 Å². The quantitative estimate of drug-likeness (QED) is 0.509. The number of fused-ring (bicyclic) bond motifs is 1. The molecular weight excluding hydrogens is 436 g/mol. The number of amides is 1. The predicted molar refractivity (Wildman–Crippen MR) is 107 cm³/mol. The first-order valence-corrected chi connectivity index (χ1v) is 9.40. The molecule has 0 saturated heterocycles. The summed E-state index contributed by atoms with van der Waals surface area (Å²) in [6.45, 7) is 2.06. The normalized spacial score (nSPS) is 10.9. The monoisotopic (exact) mass is 452 g/mol. The molecule has 3 aromatic rings. The standard InChI is InChI=1S/C17H18BrClN6O2/c1-27-7-5-20-15-13-9-24-25(16(13)23-10-22-15)6-4-21-17(26)12-8-11(18)2-3-14(12)19/h2-3,8-10H,4-7H2,1H3,(H,21,26)(H,20,22,23). The van der Waals surface area contributed by atoms with E-state index in [4.69, 9.17) is 16.3 Å². The SMILES string of the molecule is COCCNc1ncnc2c1cnn2CCNC(=O)c1cc(Br)ccc1Cl. The first-order valence-electron chi connectivity index (χ1n) is 8.22. The number of hydrogen-bond acceptors (Lipinski definition) is 6. The van der Waals surface area contributed by atoms with Crippen molar-refractivity contribution < 1.29 is 9.53 Å². The Morgan fingerprint density at radius 1 is 1.33 bits per heavy atom. The number of rotatable bonds is 8. The molecule has 0 unspecified atom stereocenters. The van der Waals surface area contributed by atoms with Crippen LogP contribution in [0, 0.1) is 0 Å². The Balaban J connectivity index is 1.64. The number of benzene rings is 1. The maximum absolute atomic E-state index is 12.3. The third kappa shape index (κ3) is 4.74. The second kappa shape index (κ2) is 9.12. The second-order valence-corrected chi connectivity index (χ2v) is 6.95. The van der Waals surface area contributed by atoms with Crippen LogP contribution in [0.25, 0.3) is 11.0 Å². The molecule has 2 N–H and O–H groups in total. The van der Waals surface area contributed by atoms with Crippen molar-refractivity contribution in [3.05, 3.63) is 45.8 Å². The summed E-state index contributed by atoms with van der Waals surface area (Å²) in [7, 11) is 1.64. The van der Waals surface area contributed by atoms with Gasteiger partial charge in [-0.25, -0.2) is 14.6 Å². The Kier molecular flexibility index (Phi) is 6.59. The van der Waals surface area contributed by atoms with Crippen molar-refractivity contribution in [2.45, 2.75) is 6.54 Å². The largest absolute Gasteiger partial charge is 0.383 e. The van der Waals surface area contributed by atoms with E-state index in [1.54, 1.807) is 36.2 Å². The van der Waals surface area contributed by atoms with Crippen molar-refractivity contribution in [1.82, 2.24) is 25.1 Å². The van der Waals surface area contributed by atoms with Gasteiger partial charge < -0.3 is 15.4 Å². The fourth-order valence-electron chi connectivity index (χ4n) is 2.51. The molecule has 1 amide bonds. The maximum Gasteiger partial charge on any atom is 0.252 e. The lowest BCUT2D eigenvalue weighted by molar-refractivity contribution is 0.0952. The van der Waals surface area contributed by atoms with E-state index in [1.165, 1.54) is 6.33 Å². The summed E-state index contributed by atoms with van der Waals surface area (Å²) in [5, 5.41) is 11.6. The fraction of sp³-hybridized carbons (Fsp3) is 0.294. The zero-order valence-corrected chi connectivity index (χ0v) is 16.9. The number of halogens is 2. The van der Waals surface area contributed by atoms with Crippen molar-refractivity contribution in [1.29, 1.82) is 0 Å². The molecule has 142 valence electrons. The van der Waals surface area contributed by atoms with E-state index in [2.05, 4.69) is 41.6 Å². The van der Waals surface area contributed by atoms with Gasteiger partial charge >= 0.3 is 0 Å². The van der Waals surface area contributed by atoms with E-state index in [0.717, 1.165) is 9.86 Å². The molecule has 2 aromatic heterocycles. The molecule has 3 rings (SSSR count). The number of carbonyl (C=O) groups excluding carboxylic acids is 1. The molecular formula is C17H18BrClN6O2. The first-order chi connectivity index (χ1) is 13.1. The molecule has 0 aliphatic heterocycles. The van der Waals surface area contributed by atoms with Crippen LogP contribution in [0.1, 0.15) is 10.4 Å². The van der Waals surface area contributed by atoms with Crippen LogP contribution >= 0.6 is 27.5 Å². The summed E-state index contributed by atoms with van der Waals surface area (Å²) in [4.78, 5) is 20.8. The Morgan fingerprint density at radius 3 is 3.00 bits per heavy atom. The number of nitrogens with zero attached hydrogens (tertiary/aromatic N) is 4. The zero-order valence-electron chi connectivity index (χ0n) is 14.6. The lowest BCUT2D eigenvalue weighted by atomic mass is 10.2. The van der Waals surface area contributed by atoms with Gasteiger partial charge in [-0.1, -0.05) is 27.5 Å². The smallest absolute Gasteiger partial charge is 0.252 e. The van der Waals surface area contributed by atoms with Crippen LogP contribution in [0.3, 0.4) is 0 Å². The third-order valence-electron chi connectivity index (χ3n) is 3.81. The van der Waals surface area contributed by atoms with Gasteiger partial charge in [-0.15, -0.1) is 0 Å². The van der Waals surface area contributed by atoms with E-state index >= 15 is 0 Å². The van der Waals surface area contributed by atoms with Crippen molar-refractivity contribution in [3.63, 3.8) is 0 Å². The molecule has 0 radical (unpaired) electrons. The summed E-state index contributed by atoms with van der Waals surface area (Å²) in [6, 6.07) is 5.15. The highest BCUT2D eigenvalue weighted by Crippen LogP contribution is 2.21. The predicted octanol–water partition coefficient (Wildman–Crippen LogP) is 2.73. The Bertz CT molecular complexity index is 948. The van der Waals surface area contributed by atoms with E-state index in [0.29, 0.717) is 48.3 Å². The average molecular weight is 454 g/mol. The fourth-order valence-corrected chi connectivity index (χ4v) is 3.08. The van der Waals surface area contributed by atoms with Crippen LogP contribution in [0.2, 0.25) is 5.02 Å². The number of carbonyl (C=O) groups is 1. The van der Waals surface area contributed by atoms with Gasteiger partial charge in [0, 0.05) is 24.7 Å². The molecule has 0 spiro atoms. The molecule has 0 fully saturated rings. The minimum Gasteiger partial charge on any atom is -0.383 e. The van der Waals surface area contributed by atoms with Crippen LogP contribution in [-0.2, 0) is 11.3 Å². The summed E-state index contributed by atoms with van der Waals surface area (Å²) in [5.74, 6) is 0.461. The van der Waals surface area contributed by atoms with Crippen molar-refractivity contribution in [2.75, 3.05) is 32.1 Å². The first kappa shape index (κ1) is 19.5. The van der Waals surface area contributed by atoms with Crippen LogP contribution in [0.15, 0.2) is 35.2 Å². The number of methoxy groups -OCH3 is 1. The number of hydrogen-bond donors (Lipinski definition) is 2. The van der Waals surface area contributed by atoms with Crippen molar-refractivity contribution in [2.24, 2.45) is 0 Å². The topological polar surface area (TPSA) is 94.0 Å². The Morgan fingerprint density at radius 2 is 2.19 bits per heavy atom. The zero-order chi connectivity index (χ0) is 19.2. The van der Waals surface area contributed by atoms with E-state index in [-0.39, 0.29) is 5.91 Å². The highest BCUT2D eigenvalue weighted by atomic mass is 79.9. The molecule has 0 bridgehead atoms. The Labute approximate surface area is 169 Å². The van der Waals surface area contributed by atoms with Gasteiger partial charge in [0.15, 0.2) is 5.65 Å². The minimum absolute atomic E-state index is 0.241. The molecule has 0 atom stereocenters. The highest BCUT2D eigenvalue weighted by Gasteiger charge is 2.12. The van der Waals surface area contributed by atoms with Crippen molar-refractivity contribution in [3.8, 4) is 0 Å². The number of nitrogens with one attached hydrogen (secondary N) is 2. The number of aromatic nitrogens is 4. The second-order valence-electron chi connectivity index (χ2n) is 5.63. The average Bonchev–Trinajstić information content (AvgIpc) is 3.08. The molecule has 27 heavy (non-hydrogen) atoms. The van der Waals surface area contributed by atoms with Gasteiger partial charge in [0.05, 0.1) is 35.3 Å². The van der Waals surface area contributed by atoms with Gasteiger partial charge in [-0.3, -0.25) is 4.79 Å². The molecule has 8 nitrogen and oxygen atoms in total. The molecule has 0 aliphatic carbocycles. The van der Waals surface area contributed by atoms with Crippen LogP contribution in [0.4, 0.5) is 5.82 Å². The van der Waals surface area contributed by atoms with E-state index in [9.17, 15) is 4.79 Å². The third-order valence-corrected chi connectivity index (χ3v) is 4.64. The van der Waals surface area contributed by atoms with Crippen LogP contribution in [-0.4, -0.2) is 52.5 Å². The summed E-state index contributed by atoms with van der Waals surface area (Å²) < 4.78 is 7.54. The van der Waals surface area contributed by atoms with Crippen LogP contribution in [0.5, 0.6) is 0 Å². The van der Waals surface area contributed by atoms with Gasteiger partial charge in [-0.05, 0) is 18.2 Å². The van der Waals surface area contributed by atoms with E-state index in [1.807, 2.05) is 0 Å². The summed E-state index contributed by atoms with van der Waals surface area (Å²) in [6.07, 6.45) is 3.19. The van der Waals surface area contributed by atoms with Gasteiger partial charge in [0.1, 0.15) is 12.1 Å². The maximum atomic E-state index is 12.3. The number of ether oxygens (including phenoxy) is 1. The lowest BCUT2D eigenvalue weighted by Gasteiger charge is -2.08. The molecule has 2 heterocycles. The van der Waals surface area contributed by atoms with Gasteiger partial charge in [0.25, 0.3) is 5.91 Å². The van der Waals surface area contributed by atoms with E-state index < -0.39 is 0 Å². The minimum atomic E-state index is -0.241.